The van der Waals surface area contributed by atoms with Crippen LogP contribution in [0, 0.1) is 0 Å². The maximum atomic E-state index is 12.5. The summed E-state index contributed by atoms with van der Waals surface area (Å²) in [7, 11) is 3.33. The van der Waals surface area contributed by atoms with Crippen molar-refractivity contribution in [1.82, 2.24) is 9.91 Å². The van der Waals surface area contributed by atoms with Gasteiger partial charge >= 0.3 is 6.09 Å². The largest absolute Gasteiger partial charge is 0.448 e. The van der Waals surface area contributed by atoms with E-state index in [2.05, 4.69) is 0 Å². The maximum absolute atomic E-state index is 12.5. The quantitative estimate of drug-likeness (QED) is 0.528. The van der Waals surface area contributed by atoms with Crippen LogP contribution in [-0.4, -0.2) is 56.0 Å². The predicted octanol–water partition coefficient (Wildman–Crippen LogP) is 0.998. The van der Waals surface area contributed by atoms with Crippen LogP contribution >= 0.6 is 0 Å². The highest BCUT2D eigenvalue weighted by molar-refractivity contribution is 5.67. The number of carbonyl (C=O) groups excluding carboxylic acids is 1. The third-order valence-corrected chi connectivity index (χ3v) is 2.08. The fraction of sp³-hybridized carbons (Fsp3) is 0.900. The van der Waals surface area contributed by atoms with E-state index in [1.165, 1.54) is 16.8 Å². The van der Waals surface area contributed by atoms with Gasteiger partial charge in [0.25, 0.3) is 0 Å². The Balaban J connectivity index is 3.57. The summed E-state index contributed by atoms with van der Waals surface area (Å²) in [5, 5.41) is 1.44. The Bertz CT molecular complexity index is 201. The number of hydrazine groups is 1. The molecule has 0 fully saturated rings. The Hall–Kier alpha value is -0.880. The van der Waals surface area contributed by atoms with E-state index in [4.69, 9.17) is 10.6 Å². The van der Waals surface area contributed by atoms with Gasteiger partial charge in [-0.05, 0) is 19.8 Å². The number of rotatable bonds is 7. The number of likely N-dealkylation sites (N-methyl/N-ethyl adjacent to an activating group) is 1. The maximum Gasteiger partial charge on any atom is 0.409 e. The molecule has 0 spiro atoms. The molecule has 0 heterocycles. The normalized spacial score (nSPS) is 12.6. The molecule has 0 rings (SSSR count). The average molecular weight is 235 g/mol. The van der Waals surface area contributed by atoms with Gasteiger partial charge in [0.15, 0.2) is 0 Å². The van der Waals surface area contributed by atoms with Crippen LogP contribution in [0.25, 0.3) is 0 Å². The van der Waals surface area contributed by atoms with Crippen molar-refractivity contribution in [2.75, 3.05) is 33.8 Å². The Morgan fingerprint density at radius 2 is 2.06 bits per heavy atom. The summed E-state index contributed by atoms with van der Waals surface area (Å²) < 4.78 is 17.4. The first kappa shape index (κ1) is 15.1. The molecular formula is C10H22FN3O2. The molecule has 2 N–H and O–H groups in total. The molecular weight excluding hydrogens is 213 g/mol. The van der Waals surface area contributed by atoms with E-state index in [0.29, 0.717) is 25.9 Å². The second-order valence-corrected chi connectivity index (χ2v) is 3.94. The SMILES string of the molecule is CC(F)CCCN(C)C(=O)OCCN(C)N. The molecule has 0 aliphatic carbocycles. The Morgan fingerprint density at radius 3 is 2.56 bits per heavy atom. The zero-order valence-electron chi connectivity index (χ0n) is 10.3. The van der Waals surface area contributed by atoms with Gasteiger partial charge in [-0.2, -0.15) is 0 Å². The number of hydrogen-bond donors (Lipinski definition) is 1. The van der Waals surface area contributed by atoms with Gasteiger partial charge in [-0.15, -0.1) is 0 Å². The molecule has 0 aromatic rings. The molecule has 6 heteroatoms. The van der Waals surface area contributed by atoms with Crippen molar-refractivity contribution in [3.05, 3.63) is 0 Å². The Labute approximate surface area is 96.3 Å². The van der Waals surface area contributed by atoms with E-state index in [-0.39, 0.29) is 6.61 Å². The number of ether oxygens (including phenoxy) is 1. The van der Waals surface area contributed by atoms with Crippen LogP contribution in [-0.2, 0) is 4.74 Å². The zero-order valence-corrected chi connectivity index (χ0v) is 10.3. The van der Waals surface area contributed by atoms with E-state index in [9.17, 15) is 9.18 Å². The lowest BCUT2D eigenvalue weighted by atomic mass is 10.2. The molecule has 0 bridgehead atoms. The number of nitrogens with zero attached hydrogens (tertiary/aromatic N) is 2. The number of nitrogens with two attached hydrogens (primary N) is 1. The van der Waals surface area contributed by atoms with Gasteiger partial charge in [-0.3, -0.25) is 5.84 Å². The lowest BCUT2D eigenvalue weighted by Crippen LogP contribution is -2.34. The third-order valence-electron chi connectivity index (χ3n) is 2.08. The number of carbonyl (C=O) groups is 1. The molecule has 0 radical (unpaired) electrons. The van der Waals surface area contributed by atoms with E-state index < -0.39 is 12.3 Å². The van der Waals surface area contributed by atoms with Gasteiger partial charge in [0.1, 0.15) is 6.61 Å². The van der Waals surface area contributed by atoms with Gasteiger partial charge in [0.05, 0.1) is 6.17 Å². The standard InChI is InChI=1S/C10H22FN3O2/c1-9(11)5-4-6-13(2)10(15)16-8-7-14(3)12/h9H,4-8,12H2,1-3H3. The first-order valence-electron chi connectivity index (χ1n) is 5.41. The van der Waals surface area contributed by atoms with E-state index in [1.54, 1.807) is 14.1 Å². The van der Waals surface area contributed by atoms with Gasteiger partial charge in [0, 0.05) is 27.2 Å². The van der Waals surface area contributed by atoms with Crippen LogP contribution in [0.5, 0.6) is 0 Å². The molecule has 1 atom stereocenters. The lowest BCUT2D eigenvalue weighted by molar-refractivity contribution is 0.100. The van der Waals surface area contributed by atoms with Crippen LogP contribution < -0.4 is 5.84 Å². The van der Waals surface area contributed by atoms with Crippen LogP contribution in [0.2, 0.25) is 0 Å². The average Bonchev–Trinajstić information content (AvgIpc) is 2.16. The topological polar surface area (TPSA) is 58.8 Å². The highest BCUT2D eigenvalue weighted by Crippen LogP contribution is 2.02. The summed E-state index contributed by atoms with van der Waals surface area (Å²) in [5.41, 5.74) is 0. The second-order valence-electron chi connectivity index (χ2n) is 3.94. The molecule has 0 aliphatic heterocycles. The highest BCUT2D eigenvalue weighted by Gasteiger charge is 2.10. The fourth-order valence-corrected chi connectivity index (χ4v) is 1.09. The number of alkyl halides is 1. The first-order valence-corrected chi connectivity index (χ1v) is 5.41. The minimum atomic E-state index is -0.824. The third kappa shape index (κ3) is 8.43. The van der Waals surface area contributed by atoms with Crippen LogP contribution in [0.3, 0.4) is 0 Å². The van der Waals surface area contributed by atoms with Crippen LogP contribution in [0.15, 0.2) is 0 Å². The van der Waals surface area contributed by atoms with E-state index in [1.807, 2.05) is 0 Å². The first-order chi connectivity index (χ1) is 7.43. The molecule has 0 aromatic heterocycles. The van der Waals surface area contributed by atoms with Gasteiger partial charge in [0.2, 0.25) is 0 Å². The van der Waals surface area contributed by atoms with E-state index >= 15 is 0 Å². The van der Waals surface area contributed by atoms with Crippen molar-refractivity contribution in [3.8, 4) is 0 Å². The molecule has 0 saturated heterocycles. The molecule has 0 aliphatic rings. The van der Waals surface area contributed by atoms with Crippen molar-refractivity contribution < 1.29 is 13.9 Å². The summed E-state index contributed by atoms with van der Waals surface area (Å²) in [4.78, 5) is 12.8. The Morgan fingerprint density at radius 1 is 1.44 bits per heavy atom. The minimum absolute atomic E-state index is 0.260. The molecule has 16 heavy (non-hydrogen) atoms. The lowest BCUT2D eigenvalue weighted by Gasteiger charge is -2.17. The highest BCUT2D eigenvalue weighted by atomic mass is 19.1. The van der Waals surface area contributed by atoms with Gasteiger partial charge in [-0.25, -0.2) is 14.2 Å². The molecule has 0 saturated carbocycles. The van der Waals surface area contributed by atoms with Crippen molar-refractivity contribution in [2.24, 2.45) is 5.84 Å². The van der Waals surface area contributed by atoms with Crippen molar-refractivity contribution in [3.63, 3.8) is 0 Å². The summed E-state index contributed by atoms with van der Waals surface area (Å²) in [5.74, 6) is 5.35. The minimum Gasteiger partial charge on any atom is -0.448 e. The predicted molar refractivity (Wildman–Crippen MR) is 60.6 cm³/mol. The van der Waals surface area contributed by atoms with Crippen molar-refractivity contribution in [1.29, 1.82) is 0 Å². The summed E-state index contributed by atoms with van der Waals surface area (Å²) >= 11 is 0. The second kappa shape index (κ2) is 8.29. The van der Waals surface area contributed by atoms with Gasteiger partial charge in [-0.1, -0.05) is 0 Å². The molecule has 0 aromatic carbocycles. The summed E-state index contributed by atoms with van der Waals surface area (Å²) in [6.07, 6.45) is -0.118. The van der Waals surface area contributed by atoms with Crippen LogP contribution in [0.4, 0.5) is 9.18 Å². The molecule has 96 valence electrons. The fourth-order valence-electron chi connectivity index (χ4n) is 1.09. The van der Waals surface area contributed by atoms with Gasteiger partial charge < -0.3 is 9.64 Å². The summed E-state index contributed by atoms with van der Waals surface area (Å²) in [6, 6.07) is 0. The Kier molecular flexibility index (Phi) is 7.84. The van der Waals surface area contributed by atoms with E-state index in [0.717, 1.165) is 0 Å². The number of amides is 1. The number of hydrogen-bond acceptors (Lipinski definition) is 4. The molecule has 5 nitrogen and oxygen atoms in total. The van der Waals surface area contributed by atoms with Crippen molar-refractivity contribution >= 4 is 6.09 Å². The van der Waals surface area contributed by atoms with Crippen LogP contribution in [0.1, 0.15) is 19.8 Å². The number of halogens is 1. The smallest absolute Gasteiger partial charge is 0.409 e. The zero-order chi connectivity index (χ0) is 12.6. The monoisotopic (exact) mass is 235 g/mol. The molecule has 1 amide bonds. The molecule has 1 unspecified atom stereocenters. The van der Waals surface area contributed by atoms with Crippen molar-refractivity contribution in [2.45, 2.75) is 25.9 Å². The summed E-state index contributed by atoms with van der Waals surface area (Å²) in [6.45, 7) is 2.76.